The van der Waals surface area contributed by atoms with Gasteiger partial charge >= 0.3 is 0 Å². The number of carbonyl (C=O) groups excluding carboxylic acids is 1. The molecular formula is C12H24N2O3. The van der Waals surface area contributed by atoms with Gasteiger partial charge in [0.05, 0.1) is 6.10 Å². The zero-order valence-electron chi connectivity index (χ0n) is 11.0. The molecule has 1 fully saturated rings. The Bertz CT molecular complexity index is 258. The molecule has 0 aliphatic carbocycles. The number of rotatable bonds is 6. The van der Waals surface area contributed by atoms with Gasteiger partial charge in [-0.2, -0.15) is 0 Å². The molecule has 0 aromatic rings. The van der Waals surface area contributed by atoms with Crippen molar-refractivity contribution in [3.8, 4) is 0 Å². The minimum Gasteiger partial charge on any atom is -0.386 e. The van der Waals surface area contributed by atoms with Crippen LogP contribution in [0.15, 0.2) is 0 Å². The Labute approximate surface area is 103 Å². The second-order valence-corrected chi connectivity index (χ2v) is 5.02. The molecular weight excluding hydrogens is 220 g/mol. The summed E-state index contributed by atoms with van der Waals surface area (Å²) in [6.45, 7) is 7.40. The Kier molecular flexibility index (Phi) is 5.36. The van der Waals surface area contributed by atoms with Gasteiger partial charge in [0.15, 0.2) is 0 Å². The highest BCUT2D eigenvalue weighted by molar-refractivity contribution is 5.76. The lowest BCUT2D eigenvalue weighted by Gasteiger charge is -2.26. The van der Waals surface area contributed by atoms with E-state index >= 15 is 0 Å². The Morgan fingerprint density at radius 1 is 1.59 bits per heavy atom. The number of hydrogen-bond donors (Lipinski definition) is 3. The van der Waals surface area contributed by atoms with Crippen LogP contribution in [0, 0.1) is 0 Å². The quantitative estimate of drug-likeness (QED) is 0.577. The summed E-state index contributed by atoms with van der Waals surface area (Å²) in [6.07, 6.45) is 0.947. The summed E-state index contributed by atoms with van der Waals surface area (Å²) in [7, 11) is 0. The van der Waals surface area contributed by atoms with Gasteiger partial charge in [-0.25, -0.2) is 0 Å². The molecule has 2 atom stereocenters. The Morgan fingerprint density at radius 2 is 2.29 bits per heavy atom. The zero-order chi connectivity index (χ0) is 12.9. The molecule has 1 heterocycles. The van der Waals surface area contributed by atoms with Crippen LogP contribution in [0.5, 0.6) is 0 Å². The summed E-state index contributed by atoms with van der Waals surface area (Å²) in [4.78, 5) is 11.4. The third-order valence-electron chi connectivity index (χ3n) is 3.07. The van der Waals surface area contributed by atoms with Crippen LogP contribution in [0.2, 0.25) is 0 Å². The molecule has 1 aliphatic heterocycles. The molecule has 5 heteroatoms. The molecule has 0 saturated carbocycles. The summed E-state index contributed by atoms with van der Waals surface area (Å²) in [6, 6.07) is 0.176. The van der Waals surface area contributed by atoms with Gasteiger partial charge in [0.2, 0.25) is 5.91 Å². The van der Waals surface area contributed by atoms with Crippen molar-refractivity contribution < 1.29 is 14.6 Å². The third kappa shape index (κ3) is 4.61. The van der Waals surface area contributed by atoms with Crippen LogP contribution < -0.4 is 10.6 Å². The van der Waals surface area contributed by atoms with Crippen molar-refractivity contribution in [2.45, 2.75) is 51.4 Å². The summed E-state index contributed by atoms with van der Waals surface area (Å²) >= 11 is 0. The van der Waals surface area contributed by atoms with E-state index in [1.54, 1.807) is 0 Å². The number of carbonyl (C=O) groups is 1. The normalized spacial score (nSPS) is 28.6. The summed E-state index contributed by atoms with van der Waals surface area (Å²) in [5, 5.41) is 16.1. The van der Waals surface area contributed by atoms with Crippen molar-refractivity contribution in [1.29, 1.82) is 0 Å². The average Bonchev–Trinajstić information content (AvgIpc) is 2.54. The van der Waals surface area contributed by atoms with Crippen molar-refractivity contribution >= 4 is 5.91 Å². The highest BCUT2D eigenvalue weighted by atomic mass is 16.5. The second kappa shape index (κ2) is 6.33. The standard InChI is InChI=1S/C12H24N2O3/c1-9(2)14-11(15)4-6-13-8-12(16)5-7-17-10(12)3/h9-10,13,16H,4-8H2,1-3H3,(H,14,15). The summed E-state index contributed by atoms with van der Waals surface area (Å²) < 4.78 is 5.33. The van der Waals surface area contributed by atoms with E-state index < -0.39 is 5.60 Å². The molecule has 0 aromatic carbocycles. The van der Waals surface area contributed by atoms with Gasteiger partial charge in [0.25, 0.3) is 0 Å². The topological polar surface area (TPSA) is 70.6 Å². The van der Waals surface area contributed by atoms with Gasteiger partial charge in [0, 0.05) is 38.6 Å². The molecule has 1 aliphatic rings. The largest absolute Gasteiger partial charge is 0.386 e. The van der Waals surface area contributed by atoms with E-state index in [9.17, 15) is 9.90 Å². The first-order chi connectivity index (χ1) is 7.94. The Hall–Kier alpha value is -0.650. The first-order valence-corrected chi connectivity index (χ1v) is 6.28. The highest BCUT2D eigenvalue weighted by Crippen LogP contribution is 2.24. The predicted molar refractivity (Wildman–Crippen MR) is 65.7 cm³/mol. The molecule has 100 valence electrons. The third-order valence-corrected chi connectivity index (χ3v) is 3.07. The Morgan fingerprint density at radius 3 is 2.82 bits per heavy atom. The molecule has 1 amide bonds. The van der Waals surface area contributed by atoms with Gasteiger partial charge < -0.3 is 20.5 Å². The fourth-order valence-corrected chi connectivity index (χ4v) is 1.90. The number of amides is 1. The number of aliphatic hydroxyl groups is 1. The van der Waals surface area contributed by atoms with Crippen LogP contribution in [0.1, 0.15) is 33.6 Å². The van der Waals surface area contributed by atoms with Crippen LogP contribution >= 0.6 is 0 Å². The van der Waals surface area contributed by atoms with E-state index in [2.05, 4.69) is 10.6 Å². The maximum atomic E-state index is 11.4. The fraction of sp³-hybridized carbons (Fsp3) is 0.917. The molecule has 5 nitrogen and oxygen atoms in total. The lowest BCUT2D eigenvalue weighted by Crippen LogP contribution is -2.46. The SMILES string of the molecule is CC(C)NC(=O)CCNCC1(O)CCOC1C. The lowest BCUT2D eigenvalue weighted by atomic mass is 9.97. The molecule has 1 saturated heterocycles. The monoisotopic (exact) mass is 244 g/mol. The maximum absolute atomic E-state index is 11.4. The summed E-state index contributed by atoms with van der Waals surface area (Å²) in [5.41, 5.74) is -0.783. The van der Waals surface area contributed by atoms with Gasteiger partial charge in [-0.15, -0.1) is 0 Å². The van der Waals surface area contributed by atoms with E-state index in [4.69, 9.17) is 4.74 Å². The zero-order valence-corrected chi connectivity index (χ0v) is 11.0. The van der Waals surface area contributed by atoms with Crippen molar-refractivity contribution in [1.82, 2.24) is 10.6 Å². The minimum absolute atomic E-state index is 0.0372. The van der Waals surface area contributed by atoms with E-state index in [0.29, 0.717) is 32.5 Å². The molecule has 0 bridgehead atoms. The van der Waals surface area contributed by atoms with Gasteiger partial charge in [-0.05, 0) is 20.8 Å². The van der Waals surface area contributed by atoms with E-state index in [1.165, 1.54) is 0 Å². The molecule has 0 spiro atoms. The molecule has 17 heavy (non-hydrogen) atoms. The predicted octanol–water partition coefficient (Wildman–Crippen LogP) is 0.0306. The van der Waals surface area contributed by atoms with E-state index in [1.807, 2.05) is 20.8 Å². The molecule has 0 aromatic heterocycles. The van der Waals surface area contributed by atoms with Crippen LogP contribution in [0.25, 0.3) is 0 Å². The minimum atomic E-state index is -0.783. The number of ether oxygens (including phenoxy) is 1. The number of nitrogens with one attached hydrogen (secondary N) is 2. The van der Waals surface area contributed by atoms with Crippen LogP contribution in [-0.2, 0) is 9.53 Å². The molecule has 1 rings (SSSR count). The first kappa shape index (κ1) is 14.4. The summed E-state index contributed by atoms with van der Waals surface area (Å²) in [5.74, 6) is 0.0372. The Balaban J connectivity index is 2.14. The van der Waals surface area contributed by atoms with Gasteiger partial charge in [-0.3, -0.25) is 4.79 Å². The number of hydrogen-bond acceptors (Lipinski definition) is 4. The second-order valence-electron chi connectivity index (χ2n) is 5.02. The van der Waals surface area contributed by atoms with Crippen molar-refractivity contribution in [3.05, 3.63) is 0 Å². The average molecular weight is 244 g/mol. The molecule has 0 radical (unpaired) electrons. The van der Waals surface area contributed by atoms with Crippen molar-refractivity contribution in [3.63, 3.8) is 0 Å². The smallest absolute Gasteiger partial charge is 0.221 e. The lowest BCUT2D eigenvalue weighted by molar-refractivity contribution is -0.121. The van der Waals surface area contributed by atoms with Crippen molar-refractivity contribution in [2.24, 2.45) is 0 Å². The maximum Gasteiger partial charge on any atom is 0.221 e. The molecule has 2 unspecified atom stereocenters. The van der Waals surface area contributed by atoms with E-state index in [0.717, 1.165) is 0 Å². The first-order valence-electron chi connectivity index (χ1n) is 6.28. The van der Waals surface area contributed by atoms with Gasteiger partial charge in [-0.1, -0.05) is 0 Å². The van der Waals surface area contributed by atoms with Crippen LogP contribution in [0.3, 0.4) is 0 Å². The molecule has 3 N–H and O–H groups in total. The fourth-order valence-electron chi connectivity index (χ4n) is 1.90. The van der Waals surface area contributed by atoms with Gasteiger partial charge in [0.1, 0.15) is 5.60 Å². The van der Waals surface area contributed by atoms with Crippen LogP contribution in [0.4, 0.5) is 0 Å². The van der Waals surface area contributed by atoms with E-state index in [-0.39, 0.29) is 18.1 Å². The highest BCUT2D eigenvalue weighted by Gasteiger charge is 2.38. The van der Waals surface area contributed by atoms with Crippen LogP contribution in [-0.4, -0.2) is 48.5 Å². The van der Waals surface area contributed by atoms with Crippen molar-refractivity contribution in [2.75, 3.05) is 19.7 Å².